The molecule has 130 valence electrons. The summed E-state index contributed by atoms with van der Waals surface area (Å²) >= 11 is 0. The molecule has 3 atom stereocenters. The van der Waals surface area contributed by atoms with Crippen LogP contribution < -0.4 is 10.1 Å². The Balaban J connectivity index is 1.85. The Morgan fingerprint density at radius 2 is 1.80 bits per heavy atom. The predicted molar refractivity (Wildman–Crippen MR) is 90.8 cm³/mol. The number of benzene rings is 2. The van der Waals surface area contributed by atoms with Gasteiger partial charge in [0.25, 0.3) is 0 Å². The number of halogens is 3. The zero-order chi connectivity index (χ0) is 17.6. The van der Waals surface area contributed by atoms with Gasteiger partial charge in [-0.25, -0.2) is 0 Å². The average molecular weight is 345 g/mol. The van der Waals surface area contributed by atoms with Crippen LogP contribution in [0.5, 0.6) is 5.75 Å². The fraction of sp³-hybridized carbons (Fsp3) is 0.300. The van der Waals surface area contributed by atoms with Gasteiger partial charge in [-0.3, -0.25) is 0 Å². The molecule has 0 unspecified atom stereocenters. The Labute approximate surface area is 144 Å². The lowest BCUT2D eigenvalue weighted by molar-refractivity contribution is -0.138. The Morgan fingerprint density at radius 3 is 2.56 bits per heavy atom. The summed E-state index contributed by atoms with van der Waals surface area (Å²) in [6, 6.07) is 11.2. The maximum absolute atomic E-state index is 13.5. The molecule has 4 rings (SSSR count). The van der Waals surface area contributed by atoms with Gasteiger partial charge in [0, 0.05) is 5.92 Å². The van der Waals surface area contributed by atoms with Crippen LogP contribution in [0.3, 0.4) is 0 Å². The molecule has 2 nitrogen and oxygen atoms in total. The van der Waals surface area contributed by atoms with Crippen molar-refractivity contribution in [2.45, 2.75) is 24.6 Å². The quantitative estimate of drug-likeness (QED) is 0.722. The van der Waals surface area contributed by atoms with Crippen molar-refractivity contribution >= 4 is 5.69 Å². The molecule has 0 radical (unpaired) electrons. The van der Waals surface area contributed by atoms with E-state index in [1.165, 1.54) is 6.07 Å². The van der Waals surface area contributed by atoms with Gasteiger partial charge < -0.3 is 10.1 Å². The van der Waals surface area contributed by atoms with E-state index < -0.39 is 17.8 Å². The Kier molecular flexibility index (Phi) is 3.74. The first-order chi connectivity index (χ1) is 12.0. The van der Waals surface area contributed by atoms with Gasteiger partial charge in [0.15, 0.2) is 0 Å². The zero-order valence-corrected chi connectivity index (χ0v) is 13.7. The van der Waals surface area contributed by atoms with Crippen LogP contribution in [0, 0.1) is 5.92 Å². The predicted octanol–water partition coefficient (Wildman–Crippen LogP) is 5.54. The van der Waals surface area contributed by atoms with Crippen LogP contribution in [-0.4, -0.2) is 7.11 Å². The van der Waals surface area contributed by atoms with E-state index in [0.29, 0.717) is 11.3 Å². The molecule has 1 heterocycles. The maximum atomic E-state index is 13.5. The lowest BCUT2D eigenvalue weighted by Crippen LogP contribution is -2.31. The number of hydrogen-bond donors (Lipinski definition) is 1. The number of ether oxygens (including phenoxy) is 1. The largest absolute Gasteiger partial charge is 0.495 e. The van der Waals surface area contributed by atoms with Gasteiger partial charge in [-0.2, -0.15) is 13.2 Å². The number of hydrogen-bond acceptors (Lipinski definition) is 2. The summed E-state index contributed by atoms with van der Waals surface area (Å²) in [6.07, 6.45) is 0.549. The molecule has 2 aromatic carbocycles. The average Bonchev–Trinajstić information content (AvgIpc) is 3.09. The van der Waals surface area contributed by atoms with Crippen LogP contribution in [0.1, 0.15) is 35.1 Å². The molecule has 0 saturated heterocycles. The molecular formula is C20H18F3NO. The molecule has 0 bridgehead atoms. The highest BCUT2D eigenvalue weighted by Crippen LogP contribution is 2.53. The molecule has 5 heteroatoms. The second-order valence-corrected chi connectivity index (χ2v) is 6.49. The molecule has 2 aromatic rings. The van der Waals surface area contributed by atoms with Gasteiger partial charge in [-0.1, -0.05) is 42.5 Å². The molecule has 0 spiro atoms. The van der Waals surface area contributed by atoms with E-state index in [9.17, 15) is 13.2 Å². The second kappa shape index (κ2) is 5.83. The maximum Gasteiger partial charge on any atom is 0.416 e. The van der Waals surface area contributed by atoms with Crippen LogP contribution >= 0.6 is 0 Å². The van der Waals surface area contributed by atoms with Crippen molar-refractivity contribution in [1.82, 2.24) is 0 Å². The highest BCUT2D eigenvalue weighted by atomic mass is 19.4. The lowest BCUT2D eigenvalue weighted by Gasteiger charge is -2.39. The lowest BCUT2D eigenvalue weighted by atomic mass is 9.76. The molecule has 25 heavy (non-hydrogen) atoms. The van der Waals surface area contributed by atoms with E-state index >= 15 is 0 Å². The van der Waals surface area contributed by atoms with Crippen molar-refractivity contribution in [2.75, 3.05) is 12.4 Å². The van der Waals surface area contributed by atoms with E-state index in [-0.39, 0.29) is 11.8 Å². The van der Waals surface area contributed by atoms with Crippen LogP contribution in [0.2, 0.25) is 0 Å². The summed E-state index contributed by atoms with van der Waals surface area (Å²) in [5.41, 5.74) is 1.60. The zero-order valence-electron chi connectivity index (χ0n) is 13.7. The third-order valence-electron chi connectivity index (χ3n) is 5.18. The van der Waals surface area contributed by atoms with E-state index in [1.54, 1.807) is 19.2 Å². The number of nitrogens with one attached hydrogen (secondary N) is 1. The van der Waals surface area contributed by atoms with Gasteiger partial charge in [-0.05, 0) is 35.6 Å². The number of para-hydroxylation sites is 1. The standard InChI is InChI=1S/C20H18F3NO/c1-25-17-11-5-9-14-12-7-4-8-13(12)18(24-19(14)17)15-6-2-3-10-16(15)20(21,22)23/h2-7,9-13,18,24H,8H2,1H3/t12-,13+,18-/m0/s1. The fourth-order valence-electron chi connectivity index (χ4n) is 4.10. The number of allylic oxidation sites excluding steroid dienone is 2. The highest BCUT2D eigenvalue weighted by Gasteiger charge is 2.43. The molecule has 0 aromatic heterocycles. The summed E-state index contributed by atoms with van der Waals surface area (Å²) in [4.78, 5) is 0. The van der Waals surface area contributed by atoms with Crippen molar-refractivity contribution in [3.8, 4) is 5.75 Å². The van der Waals surface area contributed by atoms with Crippen LogP contribution in [-0.2, 0) is 6.18 Å². The minimum Gasteiger partial charge on any atom is -0.495 e. The van der Waals surface area contributed by atoms with E-state index in [1.807, 2.05) is 18.2 Å². The third kappa shape index (κ3) is 2.58. The van der Waals surface area contributed by atoms with Crippen molar-refractivity contribution in [3.05, 3.63) is 71.3 Å². The molecule has 0 amide bonds. The Morgan fingerprint density at radius 1 is 1.04 bits per heavy atom. The SMILES string of the molecule is COc1cccc2c1N[C@H](c1ccccc1C(F)(F)F)[C@@H]1CC=C[C@H]21. The van der Waals surface area contributed by atoms with Crippen molar-refractivity contribution < 1.29 is 17.9 Å². The summed E-state index contributed by atoms with van der Waals surface area (Å²) in [5.74, 6) is 0.812. The molecule has 0 saturated carbocycles. The van der Waals surface area contributed by atoms with Crippen LogP contribution in [0.15, 0.2) is 54.6 Å². The first-order valence-electron chi connectivity index (χ1n) is 8.27. The number of fused-ring (bicyclic) bond motifs is 3. The van der Waals surface area contributed by atoms with Gasteiger partial charge in [0.2, 0.25) is 0 Å². The van der Waals surface area contributed by atoms with Crippen molar-refractivity contribution in [1.29, 1.82) is 0 Å². The first kappa shape index (κ1) is 16.1. The third-order valence-corrected chi connectivity index (χ3v) is 5.18. The number of methoxy groups -OCH3 is 1. The number of alkyl halides is 3. The molecule has 1 aliphatic heterocycles. The molecular weight excluding hydrogens is 327 g/mol. The first-order valence-corrected chi connectivity index (χ1v) is 8.27. The monoisotopic (exact) mass is 345 g/mol. The van der Waals surface area contributed by atoms with E-state index in [2.05, 4.69) is 17.5 Å². The minimum absolute atomic E-state index is 0.0584. The smallest absolute Gasteiger partial charge is 0.416 e. The molecule has 1 aliphatic carbocycles. The van der Waals surface area contributed by atoms with Gasteiger partial charge in [-0.15, -0.1) is 0 Å². The number of anilines is 1. The molecule has 0 fully saturated rings. The van der Waals surface area contributed by atoms with Crippen LogP contribution in [0.25, 0.3) is 0 Å². The van der Waals surface area contributed by atoms with Gasteiger partial charge in [0.1, 0.15) is 5.75 Å². The van der Waals surface area contributed by atoms with E-state index in [4.69, 9.17) is 4.74 Å². The summed E-state index contributed by atoms with van der Waals surface area (Å²) < 4.78 is 46.0. The van der Waals surface area contributed by atoms with Gasteiger partial charge in [0.05, 0.1) is 24.4 Å². The molecule has 1 N–H and O–H groups in total. The topological polar surface area (TPSA) is 21.3 Å². The summed E-state index contributed by atoms with van der Waals surface area (Å²) in [5, 5.41) is 3.35. The van der Waals surface area contributed by atoms with Crippen molar-refractivity contribution in [3.63, 3.8) is 0 Å². The Bertz CT molecular complexity index is 828. The minimum atomic E-state index is -4.37. The highest BCUT2D eigenvalue weighted by molar-refractivity contribution is 5.68. The fourth-order valence-corrected chi connectivity index (χ4v) is 4.10. The van der Waals surface area contributed by atoms with Crippen LogP contribution in [0.4, 0.5) is 18.9 Å². The normalized spacial score (nSPS) is 24.4. The van der Waals surface area contributed by atoms with Gasteiger partial charge >= 0.3 is 6.18 Å². The van der Waals surface area contributed by atoms with Crippen molar-refractivity contribution in [2.24, 2.45) is 5.92 Å². The van der Waals surface area contributed by atoms with E-state index in [0.717, 1.165) is 23.7 Å². The Hall–Kier alpha value is -2.43. The molecule has 2 aliphatic rings. The second-order valence-electron chi connectivity index (χ2n) is 6.49. The number of rotatable bonds is 2. The summed E-state index contributed by atoms with van der Waals surface area (Å²) in [7, 11) is 1.58. The summed E-state index contributed by atoms with van der Waals surface area (Å²) in [6.45, 7) is 0.